The Morgan fingerprint density at radius 1 is 1.62 bits per heavy atom. The van der Waals surface area contributed by atoms with Gasteiger partial charge in [0.2, 0.25) is 5.76 Å². The lowest BCUT2D eigenvalue weighted by atomic mass is 10.2. The van der Waals surface area contributed by atoms with Gasteiger partial charge in [0.15, 0.2) is 0 Å². The molecule has 0 aromatic heterocycles. The number of ether oxygens (including phenoxy) is 2. The normalized spacial score (nSPS) is 17.8. The largest absolute Gasteiger partial charge is 0.479 e. The van der Waals surface area contributed by atoms with Crippen LogP contribution in [0.4, 0.5) is 0 Å². The predicted molar refractivity (Wildman–Crippen MR) is 44.5 cm³/mol. The maximum Gasteiger partial charge on any atom is 0.381 e. The van der Waals surface area contributed by atoms with Crippen molar-refractivity contribution in [3.63, 3.8) is 0 Å². The van der Waals surface area contributed by atoms with Crippen molar-refractivity contribution in [2.24, 2.45) is 0 Å². The summed E-state index contributed by atoms with van der Waals surface area (Å²) in [5.41, 5.74) is 0.771. The summed E-state index contributed by atoms with van der Waals surface area (Å²) in [4.78, 5) is 21.5. The average molecular weight is 182 g/mol. The predicted octanol–water partition coefficient (Wildman–Crippen LogP) is 0.935. The fraction of sp³-hybridized carbons (Fsp3) is 0.333. The molecule has 0 fully saturated rings. The zero-order valence-electron chi connectivity index (χ0n) is 7.49. The first kappa shape index (κ1) is 9.51. The fourth-order valence-corrected chi connectivity index (χ4v) is 0.710. The fourth-order valence-electron chi connectivity index (χ4n) is 0.710. The molecule has 0 N–H and O–H groups in total. The van der Waals surface area contributed by atoms with E-state index in [2.05, 4.69) is 11.3 Å². The van der Waals surface area contributed by atoms with E-state index in [9.17, 15) is 9.59 Å². The highest BCUT2D eigenvalue weighted by Crippen LogP contribution is 2.14. The summed E-state index contributed by atoms with van der Waals surface area (Å²) in [6.07, 6.45) is 0.728. The minimum Gasteiger partial charge on any atom is -0.479 e. The summed E-state index contributed by atoms with van der Waals surface area (Å²) in [5, 5.41) is 0. The van der Waals surface area contributed by atoms with E-state index < -0.39 is 11.9 Å². The lowest BCUT2D eigenvalue weighted by molar-refractivity contribution is -0.152. The molecule has 1 unspecified atom stereocenters. The second-order valence-electron chi connectivity index (χ2n) is 2.82. The molecular formula is C9H10O4. The molecule has 1 aliphatic heterocycles. The zero-order valence-corrected chi connectivity index (χ0v) is 7.49. The first-order valence-corrected chi connectivity index (χ1v) is 3.80. The summed E-state index contributed by atoms with van der Waals surface area (Å²) in [7, 11) is 0. The van der Waals surface area contributed by atoms with Crippen molar-refractivity contribution in [2.45, 2.75) is 20.0 Å². The third-order valence-electron chi connectivity index (χ3n) is 1.64. The minimum atomic E-state index is -0.738. The van der Waals surface area contributed by atoms with Crippen LogP contribution >= 0.6 is 0 Å². The minimum absolute atomic E-state index is 0.0551. The molecule has 1 atom stereocenters. The van der Waals surface area contributed by atoms with E-state index in [-0.39, 0.29) is 11.9 Å². The summed E-state index contributed by atoms with van der Waals surface area (Å²) < 4.78 is 9.35. The number of rotatable bonds is 3. The number of carbonyl (C=O) groups excluding carboxylic acids is 2. The van der Waals surface area contributed by atoms with Gasteiger partial charge >= 0.3 is 11.9 Å². The molecule has 70 valence electrons. The smallest absolute Gasteiger partial charge is 0.381 e. The highest BCUT2D eigenvalue weighted by atomic mass is 16.6. The van der Waals surface area contributed by atoms with Crippen LogP contribution in [0.15, 0.2) is 24.0 Å². The number of hydrogen-bond acceptors (Lipinski definition) is 4. The number of cyclic esters (lactones) is 2. The quantitative estimate of drug-likeness (QED) is 0.370. The molecule has 1 rings (SSSR count). The van der Waals surface area contributed by atoms with Gasteiger partial charge in [0.05, 0.1) is 6.08 Å². The van der Waals surface area contributed by atoms with Crippen molar-refractivity contribution in [2.75, 3.05) is 0 Å². The highest BCUT2D eigenvalue weighted by molar-refractivity contribution is 6.07. The van der Waals surface area contributed by atoms with Crippen molar-refractivity contribution in [1.82, 2.24) is 0 Å². The van der Waals surface area contributed by atoms with Crippen LogP contribution in [0.1, 0.15) is 13.8 Å². The molecule has 13 heavy (non-hydrogen) atoms. The van der Waals surface area contributed by atoms with Gasteiger partial charge < -0.3 is 9.47 Å². The van der Waals surface area contributed by atoms with E-state index in [1.807, 2.05) is 0 Å². The van der Waals surface area contributed by atoms with Gasteiger partial charge in [-0.3, -0.25) is 0 Å². The van der Waals surface area contributed by atoms with Gasteiger partial charge in [-0.25, -0.2) is 9.59 Å². The zero-order chi connectivity index (χ0) is 10.0. The van der Waals surface area contributed by atoms with Crippen LogP contribution in [0.2, 0.25) is 0 Å². The summed E-state index contributed by atoms with van der Waals surface area (Å²) >= 11 is 0. The van der Waals surface area contributed by atoms with Gasteiger partial charge in [-0.1, -0.05) is 6.58 Å². The average Bonchev–Trinajstić information content (AvgIpc) is 2.30. The van der Waals surface area contributed by atoms with E-state index in [1.54, 1.807) is 13.8 Å². The van der Waals surface area contributed by atoms with E-state index in [1.165, 1.54) is 0 Å². The molecule has 4 nitrogen and oxygen atoms in total. The molecule has 0 saturated heterocycles. The monoisotopic (exact) mass is 182 g/mol. The standard InChI is InChI=1S/C9H10O4/c1-5(2)6(3)12-7-4-8(10)13-9(7)11/h4,6H,1H2,2-3H3. The molecule has 0 radical (unpaired) electrons. The van der Waals surface area contributed by atoms with Gasteiger partial charge in [0.1, 0.15) is 6.10 Å². The van der Waals surface area contributed by atoms with Gasteiger partial charge in [0, 0.05) is 0 Å². The van der Waals surface area contributed by atoms with E-state index in [0.29, 0.717) is 0 Å². The summed E-state index contributed by atoms with van der Waals surface area (Å²) in [5.74, 6) is -1.48. The van der Waals surface area contributed by atoms with Crippen molar-refractivity contribution in [3.05, 3.63) is 24.0 Å². The molecule has 0 saturated carbocycles. The van der Waals surface area contributed by atoms with Crippen LogP contribution < -0.4 is 0 Å². The Bertz CT molecular complexity index is 301. The maximum atomic E-state index is 10.9. The van der Waals surface area contributed by atoms with Crippen LogP contribution in [0.3, 0.4) is 0 Å². The lowest BCUT2D eigenvalue weighted by Crippen LogP contribution is -2.12. The molecule has 1 heterocycles. The van der Waals surface area contributed by atoms with Crippen molar-refractivity contribution < 1.29 is 19.1 Å². The Kier molecular flexibility index (Phi) is 2.51. The Morgan fingerprint density at radius 2 is 2.23 bits per heavy atom. The molecule has 4 heteroatoms. The number of esters is 2. The van der Waals surface area contributed by atoms with Gasteiger partial charge in [-0.05, 0) is 19.4 Å². The molecule has 1 aliphatic rings. The summed E-state index contributed by atoms with van der Waals surface area (Å²) in [6, 6.07) is 0. The van der Waals surface area contributed by atoms with Gasteiger partial charge in [-0.15, -0.1) is 0 Å². The second-order valence-corrected chi connectivity index (χ2v) is 2.82. The Labute approximate surface area is 75.8 Å². The Morgan fingerprint density at radius 3 is 2.62 bits per heavy atom. The van der Waals surface area contributed by atoms with Crippen LogP contribution in [-0.4, -0.2) is 18.0 Å². The van der Waals surface area contributed by atoms with Gasteiger partial charge in [0.25, 0.3) is 0 Å². The van der Waals surface area contributed by atoms with Crippen molar-refractivity contribution in [1.29, 1.82) is 0 Å². The first-order valence-electron chi connectivity index (χ1n) is 3.80. The number of carbonyl (C=O) groups is 2. The summed E-state index contributed by atoms with van der Waals surface area (Å²) in [6.45, 7) is 7.16. The maximum absolute atomic E-state index is 10.9. The molecule has 0 spiro atoms. The second kappa shape index (κ2) is 3.43. The molecular weight excluding hydrogens is 172 g/mol. The van der Waals surface area contributed by atoms with E-state index in [4.69, 9.17) is 4.74 Å². The van der Waals surface area contributed by atoms with E-state index >= 15 is 0 Å². The lowest BCUT2D eigenvalue weighted by Gasteiger charge is -2.12. The molecule has 0 aliphatic carbocycles. The SMILES string of the molecule is C=C(C)C(C)OC1=CC(=O)OC1=O. The Hall–Kier alpha value is -1.58. The van der Waals surface area contributed by atoms with Crippen LogP contribution in [0.25, 0.3) is 0 Å². The molecule has 0 amide bonds. The number of hydrogen-bond donors (Lipinski definition) is 0. The van der Waals surface area contributed by atoms with Crippen LogP contribution in [-0.2, 0) is 19.1 Å². The topological polar surface area (TPSA) is 52.6 Å². The highest BCUT2D eigenvalue weighted by Gasteiger charge is 2.26. The molecule has 0 aromatic carbocycles. The third-order valence-corrected chi connectivity index (χ3v) is 1.64. The molecule has 0 bridgehead atoms. The third kappa shape index (κ3) is 2.18. The van der Waals surface area contributed by atoms with Crippen LogP contribution in [0, 0.1) is 0 Å². The van der Waals surface area contributed by atoms with E-state index in [0.717, 1.165) is 11.6 Å². The Balaban J connectivity index is 2.64. The van der Waals surface area contributed by atoms with Crippen molar-refractivity contribution in [3.8, 4) is 0 Å². The molecule has 0 aromatic rings. The van der Waals surface area contributed by atoms with Crippen molar-refractivity contribution >= 4 is 11.9 Å². The van der Waals surface area contributed by atoms with Gasteiger partial charge in [-0.2, -0.15) is 0 Å². The van der Waals surface area contributed by atoms with Crippen LogP contribution in [0.5, 0.6) is 0 Å². The first-order chi connectivity index (χ1) is 6.00.